The second-order valence-corrected chi connectivity index (χ2v) is 33.5. The summed E-state index contributed by atoms with van der Waals surface area (Å²) in [6, 6.07) is 0. The molecule has 0 saturated carbocycles. The Bertz CT molecular complexity index is 725. The maximum Gasteiger partial charge on any atom is -0.147 e. The normalized spacial score (nSPS) is 22.2. The summed E-state index contributed by atoms with van der Waals surface area (Å²) in [6.07, 6.45) is 6.14. The molecular formula is C19H36Cl2Si2Ti. The summed E-state index contributed by atoms with van der Waals surface area (Å²) in [5.41, 5.74) is 4.80. The fourth-order valence-electron chi connectivity index (χ4n) is 4.79. The van der Waals surface area contributed by atoms with Crippen LogP contribution in [0, 0.1) is 5.92 Å². The van der Waals surface area contributed by atoms with Gasteiger partial charge in [0, 0.05) is 0 Å². The van der Waals surface area contributed by atoms with Crippen LogP contribution in [0.5, 0.6) is 0 Å². The third-order valence-electron chi connectivity index (χ3n) is 6.21. The van der Waals surface area contributed by atoms with Crippen LogP contribution in [0.15, 0.2) is 41.8 Å². The quantitative estimate of drug-likeness (QED) is 0.440. The zero-order valence-corrected chi connectivity index (χ0v) is 22.6. The van der Waals surface area contributed by atoms with E-state index in [0.29, 0.717) is 5.92 Å². The predicted molar refractivity (Wildman–Crippen MR) is 119 cm³/mol. The monoisotopic (exact) mass is 438 g/mol. The van der Waals surface area contributed by atoms with Crippen LogP contribution >= 0.6 is 24.8 Å². The Hall–Kier alpha value is 0.688. The second kappa shape index (κ2) is 7.37. The third-order valence-corrected chi connectivity index (χ3v) is 19.7. The number of allylic oxidation sites excluding steroid dienone is 8. The molecule has 1 unspecified atom stereocenters. The minimum atomic E-state index is -2.81. The molecule has 0 bridgehead atoms. The Balaban J connectivity index is 0.00000264. The van der Waals surface area contributed by atoms with Gasteiger partial charge in [0.15, 0.2) is 0 Å². The van der Waals surface area contributed by atoms with Crippen molar-refractivity contribution in [2.24, 2.45) is 5.92 Å². The van der Waals surface area contributed by atoms with Crippen molar-refractivity contribution < 1.29 is 14.0 Å². The van der Waals surface area contributed by atoms with E-state index in [9.17, 15) is 0 Å². The molecule has 0 aromatic carbocycles. The zero-order valence-electron chi connectivity index (χ0n) is 17.0. The molecule has 24 heavy (non-hydrogen) atoms. The Morgan fingerprint density at radius 2 is 1.54 bits per heavy atom. The van der Waals surface area contributed by atoms with E-state index >= 15 is 0 Å². The first-order valence-electron chi connectivity index (χ1n) is 8.64. The van der Waals surface area contributed by atoms with E-state index in [1.54, 1.807) is 21.9 Å². The van der Waals surface area contributed by atoms with Gasteiger partial charge in [-0.1, -0.05) is 0 Å². The van der Waals surface area contributed by atoms with Gasteiger partial charge in [-0.15, -0.1) is 24.8 Å². The molecule has 0 N–H and O–H groups in total. The van der Waals surface area contributed by atoms with Crippen LogP contribution < -0.4 is 0 Å². The first-order valence-corrected chi connectivity index (χ1v) is 20.8. The van der Waals surface area contributed by atoms with Crippen molar-refractivity contribution in [2.75, 3.05) is 0 Å². The summed E-state index contributed by atoms with van der Waals surface area (Å²) < 4.78 is 3.72. The third kappa shape index (κ3) is 3.84. The van der Waals surface area contributed by atoms with Crippen LogP contribution in [-0.4, -0.2) is 15.7 Å². The largest absolute Gasteiger partial charge is 0.147 e. The van der Waals surface area contributed by atoms with Crippen molar-refractivity contribution in [3.8, 4) is 0 Å². The van der Waals surface area contributed by atoms with Gasteiger partial charge in [-0.3, -0.25) is 0 Å². The maximum absolute atomic E-state index is 2.81. The molecule has 0 aromatic rings. The molecule has 138 valence electrons. The van der Waals surface area contributed by atoms with Crippen LogP contribution in [0.4, 0.5) is 0 Å². The van der Waals surface area contributed by atoms with Crippen molar-refractivity contribution in [3.63, 3.8) is 0 Å². The smallest absolute Gasteiger partial charge is 0.147 e. The van der Waals surface area contributed by atoms with E-state index in [1.165, 1.54) is 6.42 Å². The van der Waals surface area contributed by atoms with Crippen molar-refractivity contribution in [3.05, 3.63) is 41.8 Å². The predicted octanol–water partition coefficient (Wildman–Crippen LogP) is 6.52. The summed E-state index contributed by atoms with van der Waals surface area (Å²) in [5.74, 6) is 0.653. The van der Waals surface area contributed by atoms with Crippen molar-refractivity contribution in [1.82, 2.24) is 0 Å². The van der Waals surface area contributed by atoms with Gasteiger partial charge in [0.2, 0.25) is 0 Å². The van der Waals surface area contributed by atoms with Crippen molar-refractivity contribution >= 4 is 40.5 Å². The molecule has 2 rings (SSSR count). The van der Waals surface area contributed by atoms with Gasteiger partial charge in [0.1, 0.15) is 0 Å². The molecule has 0 amide bonds. The molecule has 5 heteroatoms. The Kier molecular flexibility index (Phi) is 7.58. The van der Waals surface area contributed by atoms with Gasteiger partial charge in [0.25, 0.3) is 0 Å². The van der Waals surface area contributed by atoms with Gasteiger partial charge in [0.05, 0.1) is 0 Å². The average Bonchev–Trinajstić information content (AvgIpc) is 2.91. The van der Waals surface area contributed by atoms with E-state index in [1.807, 2.05) is 7.76 Å². The fraction of sp³-hybridized carbons (Fsp3) is 0.579. The standard InChI is InChI=1S/C9H13.C8H13Si.2CH3.2ClH.H2Si.Ti/c1-6-5-7(2)9(4)8(6)3;1-9(2,3)8-6-4-5-7-8;;;;;;/h6H,1-4H3;4,6H,5H2,1-3H3;2*1H3;2*1H;1H2;. The average molecular weight is 439 g/mol. The van der Waals surface area contributed by atoms with Crippen LogP contribution in [-0.2, 0) is 14.0 Å². The number of halogens is 2. The Morgan fingerprint density at radius 3 is 1.92 bits per heavy atom. The SMILES string of the molecule is CC1=C(C)C(C)[C]([Ti]([CH3])([CH3])(=[SiH2])[C]2=C([Si](C)(C)C)C=CC2)=C1C.Cl.Cl. The maximum atomic E-state index is 2.68. The molecule has 0 nitrogen and oxygen atoms in total. The summed E-state index contributed by atoms with van der Waals surface area (Å²) >= 11 is -2.81. The molecule has 2 aliphatic rings. The molecule has 1 atom stereocenters. The molecular weight excluding hydrogens is 403 g/mol. The molecule has 0 aliphatic heterocycles. The minimum Gasteiger partial charge on any atom is -0.147 e. The van der Waals surface area contributed by atoms with Gasteiger partial charge in [-0.05, 0) is 0 Å². The summed E-state index contributed by atoms with van der Waals surface area (Å²) in [5, 5.41) is 7.12. The summed E-state index contributed by atoms with van der Waals surface area (Å²) in [7, 11) is 1.14. The molecule has 0 saturated heterocycles. The van der Waals surface area contributed by atoms with Gasteiger partial charge in [-0.25, -0.2) is 0 Å². The Labute approximate surface area is 165 Å². The van der Waals surface area contributed by atoms with Gasteiger partial charge < -0.3 is 0 Å². The van der Waals surface area contributed by atoms with E-state index < -0.39 is 22.1 Å². The first-order chi connectivity index (χ1) is 9.77. The molecule has 0 radical (unpaired) electrons. The van der Waals surface area contributed by atoms with E-state index in [0.717, 1.165) is 0 Å². The molecule has 0 heterocycles. The molecule has 2 aliphatic carbocycles. The number of hydrogen-bond acceptors (Lipinski definition) is 0. The molecule has 0 aromatic heterocycles. The Morgan fingerprint density at radius 1 is 1.04 bits per heavy atom. The van der Waals surface area contributed by atoms with Crippen LogP contribution in [0.25, 0.3) is 0 Å². The number of hydrogen-bond donors (Lipinski definition) is 0. The molecule has 0 spiro atoms. The van der Waals surface area contributed by atoms with Gasteiger partial charge >= 0.3 is 142 Å². The van der Waals surface area contributed by atoms with E-state index in [2.05, 4.69) is 77.6 Å². The van der Waals surface area contributed by atoms with E-state index in [-0.39, 0.29) is 24.8 Å². The number of rotatable bonds is 3. The fourth-order valence-corrected chi connectivity index (χ4v) is 22.2. The van der Waals surface area contributed by atoms with Crippen molar-refractivity contribution in [1.29, 1.82) is 0 Å². The van der Waals surface area contributed by atoms with Crippen LogP contribution in [0.2, 0.25) is 30.1 Å². The van der Waals surface area contributed by atoms with Gasteiger partial charge in [-0.2, -0.15) is 0 Å². The second-order valence-electron chi connectivity index (χ2n) is 9.50. The minimum absolute atomic E-state index is 0. The van der Waals surface area contributed by atoms with Crippen LogP contribution in [0.1, 0.15) is 34.1 Å². The summed E-state index contributed by atoms with van der Waals surface area (Å²) in [6.45, 7) is 17.1. The van der Waals surface area contributed by atoms with Crippen molar-refractivity contribution in [2.45, 2.75) is 64.2 Å². The first kappa shape index (κ1) is 24.7. The summed E-state index contributed by atoms with van der Waals surface area (Å²) in [4.78, 5) is 0. The zero-order chi connectivity index (χ0) is 17.1. The topological polar surface area (TPSA) is 0 Å². The van der Waals surface area contributed by atoms with E-state index in [4.69, 9.17) is 0 Å². The molecule has 0 fully saturated rings. The van der Waals surface area contributed by atoms with Crippen LogP contribution in [0.3, 0.4) is 0 Å².